The minimum absolute atomic E-state index is 0.315. The topological polar surface area (TPSA) is 90.1 Å². The van der Waals surface area contributed by atoms with E-state index in [2.05, 4.69) is 24.4 Å². The zero-order chi connectivity index (χ0) is 14.8. The summed E-state index contributed by atoms with van der Waals surface area (Å²) in [6.07, 6.45) is 2.66. The molecule has 2 heterocycles. The van der Waals surface area contributed by atoms with Crippen LogP contribution < -0.4 is 16.0 Å². The molecule has 0 aliphatic carbocycles. The summed E-state index contributed by atoms with van der Waals surface area (Å²) in [7, 11) is 0. The number of nitriles is 2. The van der Waals surface area contributed by atoms with E-state index in [0.717, 1.165) is 38.9 Å². The molecule has 4 N–H and O–H groups in total. The molecule has 5 nitrogen and oxygen atoms in total. The lowest BCUT2D eigenvalue weighted by molar-refractivity contribution is -0.907. The molecule has 0 aromatic rings. The zero-order valence-corrected chi connectivity index (χ0v) is 12.4. The first kappa shape index (κ1) is 14.6. The molecule has 0 amide bonds. The molecule has 0 aromatic carbocycles. The van der Waals surface area contributed by atoms with Crippen molar-refractivity contribution in [2.45, 2.75) is 26.2 Å². The molecule has 106 valence electrons. The smallest absolute Gasteiger partial charge is 0.114 e. The Morgan fingerprint density at radius 2 is 1.90 bits per heavy atom. The second-order valence-electron chi connectivity index (χ2n) is 5.42. The Hall–Kier alpha value is -1.76. The highest BCUT2D eigenvalue weighted by atomic mass is 32.1. The number of hydrogen-bond donors (Lipinski definition) is 3. The highest BCUT2D eigenvalue weighted by molar-refractivity contribution is 7.63. The largest absolute Gasteiger partial charge is 0.761 e. The molecule has 6 heteroatoms. The maximum atomic E-state index is 9.45. The first-order valence-corrected chi connectivity index (χ1v) is 7.32. The van der Waals surface area contributed by atoms with Gasteiger partial charge < -0.3 is 28.6 Å². The van der Waals surface area contributed by atoms with Crippen molar-refractivity contribution in [3.63, 3.8) is 0 Å². The number of nitrogens with zero attached hydrogens (tertiary/aromatic N) is 2. The van der Waals surface area contributed by atoms with Crippen molar-refractivity contribution >= 4 is 12.6 Å². The quantitative estimate of drug-likeness (QED) is 0.604. The maximum absolute atomic E-state index is 9.45. The number of allylic oxidation sites excluding steroid dienone is 2. The number of rotatable bonds is 2. The first-order valence-electron chi connectivity index (χ1n) is 6.91. The predicted molar refractivity (Wildman–Crippen MR) is 77.5 cm³/mol. The number of nitrogens with one attached hydrogen (secondary N) is 2. The number of quaternary nitrogens is 1. The van der Waals surface area contributed by atoms with Crippen molar-refractivity contribution in [1.82, 2.24) is 5.32 Å². The Morgan fingerprint density at radius 1 is 1.30 bits per heavy atom. The van der Waals surface area contributed by atoms with Gasteiger partial charge in [-0.3, -0.25) is 0 Å². The number of nitrogens with two attached hydrogens (primary N) is 1. The normalized spacial score (nSPS) is 29.9. The molecule has 0 atom stereocenters. The summed E-state index contributed by atoms with van der Waals surface area (Å²) in [6.45, 7) is 5.18. The summed E-state index contributed by atoms with van der Waals surface area (Å²) in [5.74, 6) is 0.315. The van der Waals surface area contributed by atoms with E-state index < -0.39 is 5.41 Å². The van der Waals surface area contributed by atoms with Gasteiger partial charge in [-0.15, -0.1) is 0 Å². The fraction of sp³-hybridized carbons (Fsp3) is 0.571. The average molecular weight is 289 g/mol. The van der Waals surface area contributed by atoms with Crippen LogP contribution in [0.4, 0.5) is 0 Å². The molecular weight excluding hydrogens is 270 g/mol. The van der Waals surface area contributed by atoms with Gasteiger partial charge in [0.05, 0.1) is 42.8 Å². The molecule has 0 aromatic heterocycles. The number of piperidine rings is 1. The van der Waals surface area contributed by atoms with E-state index in [0.29, 0.717) is 22.0 Å². The first-order chi connectivity index (χ1) is 9.58. The zero-order valence-electron chi connectivity index (χ0n) is 11.6. The van der Waals surface area contributed by atoms with E-state index in [9.17, 15) is 10.5 Å². The van der Waals surface area contributed by atoms with Crippen molar-refractivity contribution in [3.8, 4) is 12.1 Å². The minimum Gasteiger partial charge on any atom is -0.761 e. The monoisotopic (exact) mass is 289 g/mol. The lowest BCUT2D eigenvalue weighted by Crippen LogP contribution is -3.13. The van der Waals surface area contributed by atoms with Crippen molar-refractivity contribution in [2.75, 3.05) is 19.6 Å². The van der Waals surface area contributed by atoms with Gasteiger partial charge in [0.25, 0.3) is 0 Å². The highest BCUT2D eigenvalue weighted by Gasteiger charge is 2.46. The fourth-order valence-electron chi connectivity index (χ4n) is 3.31. The molecule has 1 saturated heterocycles. The van der Waals surface area contributed by atoms with Crippen LogP contribution in [0.2, 0.25) is 0 Å². The molecule has 0 bridgehead atoms. The molecule has 1 fully saturated rings. The summed E-state index contributed by atoms with van der Waals surface area (Å²) in [5, 5.41) is 22.1. The molecule has 2 aliphatic rings. The van der Waals surface area contributed by atoms with Crippen LogP contribution in [0, 0.1) is 28.1 Å². The molecule has 0 saturated carbocycles. The van der Waals surface area contributed by atoms with Gasteiger partial charge in [-0.25, -0.2) is 0 Å². The third-order valence-corrected chi connectivity index (χ3v) is 4.65. The van der Waals surface area contributed by atoms with Gasteiger partial charge in [0.15, 0.2) is 0 Å². The van der Waals surface area contributed by atoms with Crippen molar-refractivity contribution in [2.24, 2.45) is 11.1 Å². The van der Waals surface area contributed by atoms with Gasteiger partial charge in [0, 0.05) is 18.4 Å². The van der Waals surface area contributed by atoms with E-state index in [1.54, 1.807) is 0 Å². The summed E-state index contributed by atoms with van der Waals surface area (Å²) >= 11 is 5.24. The van der Waals surface area contributed by atoms with Gasteiger partial charge in [-0.05, 0) is 6.42 Å². The molecule has 20 heavy (non-hydrogen) atoms. The van der Waals surface area contributed by atoms with E-state index in [1.807, 2.05) is 0 Å². The van der Waals surface area contributed by atoms with E-state index in [1.165, 1.54) is 4.90 Å². The van der Waals surface area contributed by atoms with E-state index in [4.69, 9.17) is 18.4 Å². The maximum Gasteiger partial charge on any atom is 0.114 e. The SMILES string of the molecule is CCC[NH+]1CCC2(CC1)C(C#N)=C(N)NC([S-])=C2C#N. The van der Waals surface area contributed by atoms with Crippen LogP contribution in [-0.2, 0) is 12.6 Å². The lowest BCUT2D eigenvalue weighted by atomic mass is 9.67. The Balaban J connectivity index is 2.38. The van der Waals surface area contributed by atoms with E-state index >= 15 is 0 Å². The Labute approximate surface area is 125 Å². The summed E-state index contributed by atoms with van der Waals surface area (Å²) < 4.78 is 0. The molecular formula is C14H19N5S. The predicted octanol–water partition coefficient (Wildman–Crippen LogP) is -0.359. The van der Waals surface area contributed by atoms with Crippen LogP contribution in [-0.4, -0.2) is 19.6 Å². The Morgan fingerprint density at radius 3 is 2.40 bits per heavy atom. The highest BCUT2D eigenvalue weighted by Crippen LogP contribution is 2.45. The molecule has 2 aliphatic heterocycles. The second-order valence-corrected chi connectivity index (χ2v) is 5.83. The van der Waals surface area contributed by atoms with E-state index in [-0.39, 0.29) is 0 Å². The molecule has 0 radical (unpaired) electrons. The van der Waals surface area contributed by atoms with Crippen LogP contribution in [0.25, 0.3) is 0 Å². The van der Waals surface area contributed by atoms with Crippen LogP contribution in [0.5, 0.6) is 0 Å². The van der Waals surface area contributed by atoms with Gasteiger partial charge in [0.1, 0.15) is 5.82 Å². The van der Waals surface area contributed by atoms with Crippen LogP contribution in [0.1, 0.15) is 26.2 Å². The van der Waals surface area contributed by atoms with Crippen molar-refractivity contribution < 1.29 is 4.90 Å². The lowest BCUT2D eigenvalue weighted by Gasteiger charge is -2.44. The third kappa shape index (κ3) is 2.22. The Bertz CT molecular complexity index is 503. The number of likely N-dealkylation sites (tertiary alicyclic amines) is 1. The van der Waals surface area contributed by atoms with Gasteiger partial charge in [-0.2, -0.15) is 10.5 Å². The van der Waals surface area contributed by atoms with Crippen molar-refractivity contribution in [1.29, 1.82) is 10.5 Å². The number of hydrogen-bond acceptors (Lipinski definition) is 5. The van der Waals surface area contributed by atoms with Gasteiger partial charge in [0.2, 0.25) is 0 Å². The van der Waals surface area contributed by atoms with Crippen LogP contribution >= 0.6 is 0 Å². The summed E-state index contributed by atoms with van der Waals surface area (Å²) in [5.41, 5.74) is 6.35. The number of dihydropyridines is 1. The molecule has 2 rings (SSSR count). The van der Waals surface area contributed by atoms with Gasteiger partial charge >= 0.3 is 0 Å². The van der Waals surface area contributed by atoms with Crippen LogP contribution in [0.3, 0.4) is 0 Å². The Kier molecular flexibility index (Phi) is 4.17. The summed E-state index contributed by atoms with van der Waals surface area (Å²) in [6, 6.07) is 4.41. The van der Waals surface area contributed by atoms with Gasteiger partial charge in [-0.1, -0.05) is 12.0 Å². The summed E-state index contributed by atoms with van der Waals surface area (Å²) in [4.78, 5) is 1.52. The molecule has 0 unspecified atom stereocenters. The average Bonchev–Trinajstić information content (AvgIpc) is 2.42. The van der Waals surface area contributed by atoms with Crippen molar-refractivity contribution in [3.05, 3.63) is 22.0 Å². The van der Waals surface area contributed by atoms with Crippen LogP contribution in [0.15, 0.2) is 22.0 Å². The second kappa shape index (κ2) is 5.70. The molecule has 1 spiro atoms. The standard InChI is InChI=1S/C14H19N5S/c1-2-5-19-6-3-14(4-7-19)10(8-15)12(17)18-13(20)11(14)9-16/h18,20H,2-7,17H2,1H3. The third-order valence-electron chi connectivity index (χ3n) is 4.34. The minimum atomic E-state index is -0.562. The fourth-order valence-corrected chi connectivity index (χ4v) is 3.66.